The molecule has 1 aromatic carbocycles. The van der Waals surface area contributed by atoms with Gasteiger partial charge in [0.2, 0.25) is 5.95 Å². The Bertz CT molecular complexity index is 818. The summed E-state index contributed by atoms with van der Waals surface area (Å²) in [4.78, 5) is 13.6. The van der Waals surface area contributed by atoms with E-state index < -0.39 is 0 Å². The Balaban J connectivity index is 1.64. The van der Waals surface area contributed by atoms with Crippen molar-refractivity contribution >= 4 is 17.6 Å². The molecule has 156 valence electrons. The molecule has 3 heterocycles. The number of nitrogens with zero attached hydrogens (tertiary/aromatic N) is 4. The summed E-state index contributed by atoms with van der Waals surface area (Å²) in [5.41, 5.74) is 7.29. The van der Waals surface area contributed by atoms with Crippen LogP contribution in [-0.2, 0) is 9.47 Å². The Morgan fingerprint density at radius 2 is 1.62 bits per heavy atom. The Kier molecular flexibility index (Phi) is 5.61. The van der Waals surface area contributed by atoms with Gasteiger partial charge >= 0.3 is 0 Å². The van der Waals surface area contributed by atoms with Gasteiger partial charge in [-0.3, -0.25) is 0 Å². The van der Waals surface area contributed by atoms with Gasteiger partial charge in [0.1, 0.15) is 17.7 Å². The zero-order valence-electron chi connectivity index (χ0n) is 17.5. The average molecular weight is 398 g/mol. The van der Waals surface area contributed by atoms with Gasteiger partial charge < -0.3 is 25.0 Å². The van der Waals surface area contributed by atoms with Gasteiger partial charge in [-0.2, -0.15) is 9.97 Å². The molecule has 0 amide bonds. The van der Waals surface area contributed by atoms with E-state index in [-0.39, 0.29) is 17.6 Å². The lowest BCUT2D eigenvalue weighted by Crippen LogP contribution is -2.49. The van der Waals surface area contributed by atoms with Gasteiger partial charge in [0.05, 0.1) is 19.3 Å². The van der Waals surface area contributed by atoms with Crippen LogP contribution < -0.4 is 15.5 Å². The van der Waals surface area contributed by atoms with Gasteiger partial charge in [-0.05, 0) is 11.0 Å². The van der Waals surface area contributed by atoms with Crippen molar-refractivity contribution in [3.05, 3.63) is 42.0 Å². The Morgan fingerprint density at radius 1 is 0.966 bits per heavy atom. The molecule has 0 radical (unpaired) electrons. The lowest BCUT2D eigenvalue weighted by Gasteiger charge is -2.44. The summed E-state index contributed by atoms with van der Waals surface area (Å²) in [5, 5.41) is 0. The van der Waals surface area contributed by atoms with Crippen LogP contribution in [0.25, 0.3) is 0 Å². The van der Waals surface area contributed by atoms with Crippen LogP contribution in [0.2, 0.25) is 0 Å². The second-order valence-electron chi connectivity index (χ2n) is 8.84. The van der Waals surface area contributed by atoms with E-state index in [9.17, 15) is 0 Å². The Hall–Kier alpha value is -2.38. The van der Waals surface area contributed by atoms with Crippen LogP contribution in [0.5, 0.6) is 0 Å². The highest BCUT2D eigenvalue weighted by Gasteiger charge is 2.36. The third kappa shape index (κ3) is 4.62. The minimum absolute atomic E-state index is 0.0112. The van der Waals surface area contributed by atoms with E-state index in [4.69, 9.17) is 15.2 Å². The third-order valence-corrected chi connectivity index (χ3v) is 5.61. The summed E-state index contributed by atoms with van der Waals surface area (Å²) in [6.45, 7) is 11.2. The molecule has 29 heavy (non-hydrogen) atoms. The third-order valence-electron chi connectivity index (χ3n) is 5.61. The lowest BCUT2D eigenvalue weighted by molar-refractivity contribution is -0.0792. The highest BCUT2D eigenvalue weighted by molar-refractivity contribution is 5.55. The van der Waals surface area contributed by atoms with Crippen LogP contribution in [0.15, 0.2) is 36.4 Å². The van der Waals surface area contributed by atoms with Crippen LogP contribution in [0, 0.1) is 5.41 Å². The van der Waals surface area contributed by atoms with E-state index in [2.05, 4.69) is 70.9 Å². The van der Waals surface area contributed by atoms with Gasteiger partial charge in [-0.25, -0.2) is 0 Å². The van der Waals surface area contributed by atoms with Gasteiger partial charge in [0.15, 0.2) is 0 Å². The molecule has 0 unspecified atom stereocenters. The largest absolute Gasteiger partial charge is 0.378 e. The molecule has 7 nitrogen and oxygen atoms in total. The molecule has 2 saturated heterocycles. The van der Waals surface area contributed by atoms with Crippen molar-refractivity contribution in [2.75, 3.05) is 54.9 Å². The summed E-state index contributed by atoms with van der Waals surface area (Å²) in [7, 11) is 0. The van der Waals surface area contributed by atoms with Gasteiger partial charge in [-0.1, -0.05) is 51.1 Å². The van der Waals surface area contributed by atoms with Crippen molar-refractivity contribution in [3.8, 4) is 0 Å². The predicted molar refractivity (Wildman–Crippen MR) is 115 cm³/mol. The smallest absolute Gasteiger partial charge is 0.223 e. The number of aromatic nitrogens is 2. The molecular formula is C22H31N5O2. The monoisotopic (exact) mass is 397 g/mol. The molecule has 2 atom stereocenters. The number of rotatable bonds is 3. The fourth-order valence-corrected chi connectivity index (χ4v) is 3.83. The summed E-state index contributed by atoms with van der Waals surface area (Å²) in [6.07, 6.45) is 0.0571. The average Bonchev–Trinajstić information content (AvgIpc) is 2.73. The quantitative estimate of drug-likeness (QED) is 0.853. The second-order valence-corrected chi connectivity index (χ2v) is 8.84. The Morgan fingerprint density at radius 3 is 2.28 bits per heavy atom. The zero-order chi connectivity index (χ0) is 20.4. The van der Waals surface area contributed by atoms with Crippen molar-refractivity contribution in [2.24, 2.45) is 5.41 Å². The topological polar surface area (TPSA) is 76.7 Å². The molecular weight excluding hydrogens is 366 g/mol. The number of anilines is 3. The van der Waals surface area contributed by atoms with E-state index in [0.717, 1.165) is 37.8 Å². The summed E-state index contributed by atoms with van der Waals surface area (Å²) in [5.74, 6) is 2.03. The number of nitrogen functional groups attached to an aromatic ring is 1. The normalized spacial score (nSPS) is 23.3. The molecule has 0 aliphatic carbocycles. The van der Waals surface area contributed by atoms with E-state index >= 15 is 0 Å². The molecule has 2 aliphatic rings. The molecule has 2 aliphatic heterocycles. The van der Waals surface area contributed by atoms with Gasteiger partial charge in [0, 0.05) is 32.2 Å². The fraction of sp³-hybridized carbons (Fsp3) is 0.545. The molecule has 0 saturated carbocycles. The van der Waals surface area contributed by atoms with E-state index in [1.165, 1.54) is 5.56 Å². The second kappa shape index (κ2) is 8.16. The van der Waals surface area contributed by atoms with Crippen LogP contribution in [-0.4, -0.2) is 55.5 Å². The minimum atomic E-state index is -0.0165. The minimum Gasteiger partial charge on any atom is -0.378 e. The van der Waals surface area contributed by atoms with Crippen molar-refractivity contribution in [3.63, 3.8) is 0 Å². The standard InChI is InChI=1S/C22H31N5O2/c1-22(2,3)18-15-27(14-17(29-18)16-7-5-4-6-8-16)20-13-19(24-21(23)25-20)26-9-11-28-12-10-26/h4-8,13,17-18H,9-12,14-15H2,1-3H3,(H2,23,24,25)/t17-,18+/m0/s1. The number of ether oxygens (including phenoxy) is 2. The van der Waals surface area contributed by atoms with Crippen LogP contribution in [0.4, 0.5) is 17.6 Å². The maximum absolute atomic E-state index is 6.52. The summed E-state index contributed by atoms with van der Waals surface area (Å²) >= 11 is 0. The van der Waals surface area contributed by atoms with Gasteiger partial charge in [0.25, 0.3) is 0 Å². The van der Waals surface area contributed by atoms with Crippen molar-refractivity contribution in [1.82, 2.24) is 9.97 Å². The maximum atomic E-state index is 6.52. The highest BCUT2D eigenvalue weighted by atomic mass is 16.5. The first kappa shape index (κ1) is 19.9. The lowest BCUT2D eigenvalue weighted by atomic mass is 9.87. The van der Waals surface area contributed by atoms with Crippen molar-refractivity contribution < 1.29 is 9.47 Å². The first-order valence-electron chi connectivity index (χ1n) is 10.3. The molecule has 0 bridgehead atoms. The van der Waals surface area contributed by atoms with E-state index in [1.807, 2.05) is 6.07 Å². The number of hydrogen-bond donors (Lipinski definition) is 1. The molecule has 0 spiro atoms. The van der Waals surface area contributed by atoms with Gasteiger partial charge in [-0.15, -0.1) is 0 Å². The summed E-state index contributed by atoms with van der Waals surface area (Å²) in [6, 6.07) is 12.5. The fourth-order valence-electron chi connectivity index (χ4n) is 3.83. The first-order valence-corrected chi connectivity index (χ1v) is 10.3. The summed E-state index contributed by atoms with van der Waals surface area (Å²) < 4.78 is 12.0. The molecule has 2 fully saturated rings. The number of hydrogen-bond acceptors (Lipinski definition) is 7. The molecule has 2 aromatic rings. The van der Waals surface area contributed by atoms with Crippen LogP contribution >= 0.6 is 0 Å². The van der Waals surface area contributed by atoms with Crippen molar-refractivity contribution in [1.29, 1.82) is 0 Å². The highest BCUT2D eigenvalue weighted by Crippen LogP contribution is 2.35. The maximum Gasteiger partial charge on any atom is 0.223 e. The number of nitrogens with two attached hydrogens (primary N) is 1. The number of benzene rings is 1. The predicted octanol–water partition coefficient (Wildman–Crippen LogP) is 2.89. The Labute approximate surface area is 172 Å². The zero-order valence-corrected chi connectivity index (χ0v) is 17.5. The van der Waals surface area contributed by atoms with E-state index in [0.29, 0.717) is 19.2 Å². The molecule has 1 aromatic heterocycles. The van der Waals surface area contributed by atoms with Crippen LogP contribution in [0.3, 0.4) is 0 Å². The molecule has 2 N–H and O–H groups in total. The van der Waals surface area contributed by atoms with E-state index in [1.54, 1.807) is 0 Å². The van der Waals surface area contributed by atoms with Crippen molar-refractivity contribution in [2.45, 2.75) is 33.0 Å². The SMILES string of the molecule is CC(C)(C)[C@H]1CN(c2cc(N3CCOCC3)nc(N)n2)C[C@@H](c2ccccc2)O1. The molecule has 7 heteroatoms. The van der Waals surface area contributed by atoms with Crippen LogP contribution in [0.1, 0.15) is 32.4 Å². The first-order chi connectivity index (χ1) is 13.9. The number of morpholine rings is 2. The molecule has 4 rings (SSSR count).